The maximum atomic E-state index is 12.6. The summed E-state index contributed by atoms with van der Waals surface area (Å²) in [6.07, 6.45) is 1.38. The SMILES string of the molecule is C[C@H](NC(=O)c1cc2c(cn1)ncn2C)c1cnc(Nc2ccc(C(F)(F)F)nc2)s1. The predicted molar refractivity (Wildman–Crippen MR) is 109 cm³/mol. The monoisotopic (exact) mass is 447 g/mol. The maximum Gasteiger partial charge on any atom is 0.433 e. The van der Waals surface area contributed by atoms with Crippen molar-refractivity contribution < 1.29 is 18.0 Å². The summed E-state index contributed by atoms with van der Waals surface area (Å²) in [5.74, 6) is -0.342. The van der Waals surface area contributed by atoms with E-state index < -0.39 is 11.9 Å². The van der Waals surface area contributed by atoms with Crippen LogP contribution in [0.4, 0.5) is 24.0 Å². The Labute approximate surface area is 178 Å². The number of nitrogens with one attached hydrogen (secondary N) is 2. The molecule has 0 aromatic carbocycles. The highest BCUT2D eigenvalue weighted by atomic mass is 32.1. The van der Waals surface area contributed by atoms with Crippen LogP contribution in [0.15, 0.2) is 43.1 Å². The summed E-state index contributed by atoms with van der Waals surface area (Å²) >= 11 is 1.27. The molecular weight excluding hydrogens is 431 g/mol. The van der Waals surface area contributed by atoms with Gasteiger partial charge in [-0.3, -0.25) is 4.79 Å². The number of imidazole rings is 1. The molecule has 0 aliphatic heterocycles. The highest BCUT2D eigenvalue weighted by Gasteiger charge is 2.32. The quantitative estimate of drug-likeness (QED) is 0.479. The van der Waals surface area contributed by atoms with E-state index in [9.17, 15) is 18.0 Å². The van der Waals surface area contributed by atoms with E-state index >= 15 is 0 Å². The number of carbonyl (C=O) groups excluding carboxylic acids is 1. The molecule has 0 radical (unpaired) electrons. The average molecular weight is 447 g/mol. The zero-order valence-electron chi connectivity index (χ0n) is 16.3. The normalized spacial score (nSPS) is 12.7. The summed E-state index contributed by atoms with van der Waals surface area (Å²) in [5.41, 5.74) is 1.17. The summed E-state index contributed by atoms with van der Waals surface area (Å²) in [4.78, 5) is 29.3. The Balaban J connectivity index is 1.42. The molecule has 0 saturated carbocycles. The van der Waals surface area contributed by atoms with Gasteiger partial charge in [-0.25, -0.2) is 19.9 Å². The second kappa shape index (κ2) is 7.95. The van der Waals surface area contributed by atoms with Crippen LogP contribution >= 0.6 is 11.3 Å². The van der Waals surface area contributed by atoms with Crippen molar-refractivity contribution in [2.24, 2.45) is 7.05 Å². The molecule has 0 spiro atoms. The van der Waals surface area contributed by atoms with Crippen LogP contribution in [0.3, 0.4) is 0 Å². The lowest BCUT2D eigenvalue weighted by atomic mass is 10.2. The Morgan fingerprint density at radius 2 is 1.94 bits per heavy atom. The van der Waals surface area contributed by atoms with Crippen molar-refractivity contribution in [1.29, 1.82) is 0 Å². The Morgan fingerprint density at radius 3 is 2.65 bits per heavy atom. The number of carbonyl (C=O) groups is 1. The molecule has 8 nitrogen and oxygen atoms in total. The molecule has 2 N–H and O–H groups in total. The minimum Gasteiger partial charge on any atom is -0.343 e. The van der Waals surface area contributed by atoms with Crippen LogP contribution in [0.2, 0.25) is 0 Å². The maximum absolute atomic E-state index is 12.6. The summed E-state index contributed by atoms with van der Waals surface area (Å²) in [6.45, 7) is 1.80. The zero-order valence-corrected chi connectivity index (χ0v) is 17.1. The number of nitrogens with zero attached hydrogens (tertiary/aromatic N) is 5. The molecule has 4 aromatic heterocycles. The van der Waals surface area contributed by atoms with Gasteiger partial charge in [-0.2, -0.15) is 13.2 Å². The number of aromatic nitrogens is 5. The fourth-order valence-corrected chi connectivity index (χ4v) is 3.64. The van der Waals surface area contributed by atoms with Gasteiger partial charge in [0, 0.05) is 18.1 Å². The second-order valence-electron chi connectivity index (χ2n) is 6.73. The first-order valence-corrected chi connectivity index (χ1v) is 9.86. The van der Waals surface area contributed by atoms with E-state index in [0.29, 0.717) is 16.3 Å². The summed E-state index contributed by atoms with van der Waals surface area (Å²) < 4.78 is 39.6. The smallest absolute Gasteiger partial charge is 0.343 e. The predicted octanol–water partition coefficient (Wildman–Crippen LogP) is 4.07. The van der Waals surface area contributed by atoms with Crippen molar-refractivity contribution >= 4 is 39.1 Å². The molecule has 0 bridgehead atoms. The first-order chi connectivity index (χ1) is 14.7. The average Bonchev–Trinajstić information content (AvgIpc) is 3.34. The Bertz CT molecular complexity index is 1230. The molecule has 160 valence electrons. The first kappa shape index (κ1) is 20.7. The van der Waals surface area contributed by atoms with Gasteiger partial charge in [0.15, 0.2) is 5.13 Å². The number of halogens is 3. The van der Waals surface area contributed by atoms with Gasteiger partial charge in [0.25, 0.3) is 5.91 Å². The highest BCUT2D eigenvalue weighted by Crippen LogP contribution is 2.30. The van der Waals surface area contributed by atoms with Gasteiger partial charge in [0.1, 0.15) is 16.9 Å². The highest BCUT2D eigenvalue weighted by molar-refractivity contribution is 7.15. The fourth-order valence-electron chi connectivity index (χ4n) is 2.80. The number of alkyl halides is 3. The molecule has 31 heavy (non-hydrogen) atoms. The molecular formula is C19H16F3N7OS. The third-order valence-corrected chi connectivity index (χ3v) is 5.54. The van der Waals surface area contributed by atoms with Crippen molar-refractivity contribution in [2.45, 2.75) is 19.1 Å². The number of hydrogen-bond acceptors (Lipinski definition) is 7. The van der Waals surface area contributed by atoms with Gasteiger partial charge in [0.05, 0.1) is 36.0 Å². The topological polar surface area (TPSA) is 97.6 Å². The van der Waals surface area contributed by atoms with Crippen molar-refractivity contribution in [3.05, 3.63) is 59.4 Å². The molecule has 0 fully saturated rings. The molecule has 12 heteroatoms. The Morgan fingerprint density at radius 1 is 1.13 bits per heavy atom. The minimum atomic E-state index is -4.49. The fraction of sp³-hybridized carbons (Fsp3) is 0.211. The van der Waals surface area contributed by atoms with Gasteiger partial charge in [-0.05, 0) is 25.1 Å². The van der Waals surface area contributed by atoms with Crippen molar-refractivity contribution in [1.82, 2.24) is 29.8 Å². The molecule has 4 heterocycles. The van der Waals surface area contributed by atoms with E-state index in [-0.39, 0.29) is 17.6 Å². The van der Waals surface area contributed by atoms with E-state index in [4.69, 9.17) is 0 Å². The van der Waals surface area contributed by atoms with Crippen LogP contribution < -0.4 is 10.6 Å². The van der Waals surface area contributed by atoms with Crippen LogP contribution in [-0.2, 0) is 13.2 Å². The lowest BCUT2D eigenvalue weighted by Gasteiger charge is -2.11. The van der Waals surface area contributed by atoms with Gasteiger partial charge in [0.2, 0.25) is 0 Å². The standard InChI is InChI=1S/C19H16F3N7OS/c1-10(27-17(30)12-5-14-13(7-23-12)26-9-29(14)2)15-8-25-18(31-15)28-11-3-4-16(24-6-11)19(20,21)22/h3-10H,1-2H3,(H,25,28)(H,27,30)/t10-/m0/s1. The lowest BCUT2D eigenvalue weighted by molar-refractivity contribution is -0.141. The molecule has 1 atom stereocenters. The third kappa shape index (κ3) is 4.48. The van der Waals surface area contributed by atoms with Gasteiger partial charge in [-0.1, -0.05) is 11.3 Å². The largest absolute Gasteiger partial charge is 0.433 e. The molecule has 0 saturated heterocycles. The molecule has 1 amide bonds. The van der Waals surface area contributed by atoms with Crippen LogP contribution in [0.5, 0.6) is 0 Å². The van der Waals surface area contributed by atoms with E-state index in [0.717, 1.165) is 22.7 Å². The molecule has 4 aromatic rings. The number of thiazole rings is 1. The number of anilines is 2. The van der Waals surface area contributed by atoms with Crippen LogP contribution in [-0.4, -0.2) is 30.4 Å². The minimum absolute atomic E-state index is 0.265. The van der Waals surface area contributed by atoms with Crippen LogP contribution in [0, 0.1) is 0 Å². The van der Waals surface area contributed by atoms with Crippen LogP contribution in [0.25, 0.3) is 11.0 Å². The summed E-state index contributed by atoms with van der Waals surface area (Å²) in [6, 6.07) is 3.49. The van der Waals surface area contributed by atoms with Gasteiger partial charge in [-0.15, -0.1) is 0 Å². The van der Waals surface area contributed by atoms with Crippen molar-refractivity contribution in [3.63, 3.8) is 0 Å². The van der Waals surface area contributed by atoms with E-state index in [1.807, 2.05) is 7.05 Å². The number of amides is 1. The summed E-state index contributed by atoms with van der Waals surface area (Å²) in [5, 5.41) is 6.24. The Hall–Kier alpha value is -3.54. The van der Waals surface area contributed by atoms with E-state index in [1.54, 1.807) is 36.3 Å². The number of fused-ring (bicyclic) bond motifs is 1. The second-order valence-corrected chi connectivity index (χ2v) is 7.79. The van der Waals surface area contributed by atoms with E-state index in [1.165, 1.54) is 17.4 Å². The number of pyridine rings is 2. The molecule has 4 rings (SSSR count). The molecule has 0 unspecified atom stereocenters. The Kier molecular flexibility index (Phi) is 5.31. The van der Waals surface area contributed by atoms with Crippen molar-refractivity contribution in [2.75, 3.05) is 5.32 Å². The number of hydrogen-bond donors (Lipinski definition) is 2. The van der Waals surface area contributed by atoms with Gasteiger partial charge < -0.3 is 15.2 Å². The van der Waals surface area contributed by atoms with Crippen molar-refractivity contribution in [3.8, 4) is 0 Å². The van der Waals surface area contributed by atoms with E-state index in [2.05, 4.69) is 30.6 Å². The lowest BCUT2D eigenvalue weighted by Crippen LogP contribution is -2.26. The number of rotatable bonds is 5. The molecule has 0 aliphatic carbocycles. The number of aryl methyl sites for hydroxylation is 1. The zero-order chi connectivity index (χ0) is 22.2. The first-order valence-electron chi connectivity index (χ1n) is 9.04. The van der Waals surface area contributed by atoms with Gasteiger partial charge >= 0.3 is 6.18 Å². The van der Waals surface area contributed by atoms with Crippen LogP contribution in [0.1, 0.15) is 34.0 Å². The molecule has 0 aliphatic rings. The summed E-state index contributed by atoms with van der Waals surface area (Å²) in [7, 11) is 1.83. The third-order valence-electron chi connectivity index (χ3n) is 4.45.